The lowest BCUT2D eigenvalue weighted by Crippen LogP contribution is -2.55. The molecule has 0 bridgehead atoms. The van der Waals surface area contributed by atoms with Crippen molar-refractivity contribution < 1.29 is 104 Å². The van der Waals surface area contributed by atoms with Gasteiger partial charge in [0.25, 0.3) is 0 Å². The van der Waals surface area contributed by atoms with E-state index in [1.54, 1.807) is 60.2 Å². The number of carbonyl (C=O) groups is 7. The molecular formula is C65H134F5N21O17S7. The highest BCUT2D eigenvalue weighted by Crippen LogP contribution is 2.30. The largest absolute Gasteiger partial charge is 0.480 e. The van der Waals surface area contributed by atoms with Crippen LogP contribution in [-0.4, -0.2) is 307 Å². The number of amidine groups is 7. The van der Waals surface area contributed by atoms with E-state index in [2.05, 4.69) is 34.9 Å². The third-order valence-electron chi connectivity index (χ3n) is 14.2. The molecule has 4 unspecified atom stereocenters. The Hall–Kier alpha value is -6.20. The predicted molar refractivity (Wildman–Crippen MR) is 464 cm³/mol. The fraction of sp³-hybridized carbons (Fsp3) is 0.785. The van der Waals surface area contributed by atoms with Gasteiger partial charge in [0.15, 0.2) is 9.84 Å². The minimum Gasteiger partial charge on any atom is -0.480 e. The lowest BCUT2D eigenvalue weighted by molar-refractivity contribution is -0.144. The van der Waals surface area contributed by atoms with Crippen molar-refractivity contribution in [1.82, 2.24) is 0 Å². The van der Waals surface area contributed by atoms with Crippen LogP contribution in [0.4, 0.5) is 22.3 Å². The number of rotatable bonds is 47. The summed E-state index contributed by atoms with van der Waals surface area (Å²) >= 11 is 6.50. The number of aliphatic carboxylic acids is 7. The van der Waals surface area contributed by atoms with E-state index in [0.717, 1.165) is 36.6 Å². The number of carboxylic acid groups (broad SMARTS) is 7. The summed E-state index contributed by atoms with van der Waals surface area (Å²) in [6, 6.07) is 0. The van der Waals surface area contributed by atoms with Crippen molar-refractivity contribution in [3.63, 3.8) is 0 Å². The molecule has 50 heteroatoms. The first-order chi connectivity index (χ1) is 51.4. The number of nitrogens with zero attached hydrogens (tertiary/aromatic N) is 7. The van der Waals surface area contributed by atoms with E-state index in [-0.39, 0.29) is 81.9 Å². The first kappa shape index (κ1) is 124. The van der Waals surface area contributed by atoms with E-state index in [1.165, 1.54) is 76.8 Å². The lowest BCUT2D eigenvalue weighted by Gasteiger charge is -2.29. The van der Waals surface area contributed by atoms with Gasteiger partial charge in [0.05, 0.1) is 103 Å². The summed E-state index contributed by atoms with van der Waals surface area (Å²) < 4.78 is 84.2. The van der Waals surface area contributed by atoms with Crippen LogP contribution in [-0.2, 0) is 54.2 Å². The molecule has 115 heavy (non-hydrogen) atoms. The summed E-state index contributed by atoms with van der Waals surface area (Å²) in [5, 5.41) is 60.9. The number of carboxylic acids is 7. The minimum atomic E-state index is -4.34. The van der Waals surface area contributed by atoms with E-state index in [4.69, 9.17) is 111 Å². The second-order valence-electron chi connectivity index (χ2n) is 27.8. The van der Waals surface area contributed by atoms with Gasteiger partial charge in [-0.2, -0.15) is 72.0 Å². The van der Waals surface area contributed by atoms with Crippen LogP contribution in [0.5, 0.6) is 0 Å². The van der Waals surface area contributed by atoms with Gasteiger partial charge in [-0.1, -0.05) is 34.6 Å². The maximum Gasteiger partial charge on any atom is 0.390 e. The SMILES string of the molecule is CC(N)=NCC(CC(F)(F)F)SC[C@](C)(N)C(=O)O.CC(N)=NCCS(=O)(=O)C[C@](C)(N)C(=O)O.CC(N)=NCCS(=O)C[C@](C)(N)C(=O)O.CC(N)=NCCSCC(C)(N)C(=O)O.CC(N)=NCCSC[C@](C)(N)C(=O)O.CC(N)=NC[C@@H](CF)SC[C@](N)(C(=O)O)C(C)C.CCC(CN=C(C)N)SC[C@](N)(C(=O)O)C(C)C.F. The molecule has 0 aliphatic heterocycles. The van der Waals surface area contributed by atoms with Gasteiger partial charge >= 0.3 is 48.0 Å². The Morgan fingerprint density at radius 2 is 0.713 bits per heavy atom. The Morgan fingerprint density at radius 3 is 1.00 bits per heavy atom. The Morgan fingerprint density at radius 1 is 0.426 bits per heavy atom. The molecule has 0 saturated heterocycles. The number of thioether (sulfide) groups is 5. The van der Waals surface area contributed by atoms with Crippen molar-refractivity contribution in [3.05, 3.63) is 0 Å². The zero-order chi connectivity index (χ0) is 91.4. The van der Waals surface area contributed by atoms with Crippen molar-refractivity contribution in [3.8, 4) is 0 Å². The number of alkyl halides is 4. The van der Waals surface area contributed by atoms with E-state index in [0.29, 0.717) is 72.6 Å². The van der Waals surface area contributed by atoms with Gasteiger partial charge in [0.2, 0.25) is 0 Å². The first-order valence-corrected chi connectivity index (χ1v) is 43.4. The van der Waals surface area contributed by atoms with Crippen LogP contribution in [0.3, 0.4) is 0 Å². The number of nitrogens with two attached hydrogens (primary N) is 14. The minimum absolute atomic E-state index is 0. The molecule has 38 nitrogen and oxygen atoms in total. The molecule has 0 fully saturated rings. The smallest absolute Gasteiger partial charge is 0.390 e. The summed E-state index contributed by atoms with van der Waals surface area (Å²) in [6.07, 6.45) is -4.50. The molecular weight excluding hydrogens is 1670 g/mol. The molecule has 35 N–H and O–H groups in total. The van der Waals surface area contributed by atoms with Crippen LogP contribution in [0.15, 0.2) is 34.9 Å². The molecule has 0 rings (SSSR count). The first-order valence-electron chi connectivity index (χ1n) is 34.7. The highest BCUT2D eigenvalue weighted by Gasteiger charge is 2.41. The summed E-state index contributed by atoms with van der Waals surface area (Å²) in [7, 11) is -4.84. The van der Waals surface area contributed by atoms with E-state index < -0.39 is 137 Å². The van der Waals surface area contributed by atoms with Crippen LogP contribution in [0.2, 0.25) is 0 Å². The van der Waals surface area contributed by atoms with Gasteiger partial charge in [0.1, 0.15) is 45.4 Å². The Balaban J connectivity index is -0.000000194. The molecule has 0 aliphatic carbocycles. The Bertz CT molecular complexity index is 3140. The lowest BCUT2D eigenvalue weighted by atomic mass is 9.90. The van der Waals surface area contributed by atoms with Gasteiger partial charge < -0.3 is 116 Å². The number of hydrogen-bond acceptors (Lipinski definition) is 29. The monoisotopic (exact) mass is 1800 g/mol. The van der Waals surface area contributed by atoms with Crippen LogP contribution < -0.4 is 80.3 Å². The molecule has 0 saturated carbocycles. The molecule has 0 amide bonds. The molecule has 0 aromatic heterocycles. The van der Waals surface area contributed by atoms with Gasteiger partial charge in [0, 0.05) is 80.4 Å². The maximum atomic E-state index is 12.8. The van der Waals surface area contributed by atoms with Crippen molar-refractivity contribution in [2.45, 2.75) is 191 Å². The molecule has 0 spiro atoms. The summed E-state index contributed by atoms with van der Waals surface area (Å²) in [6.45, 7) is 29.1. The summed E-state index contributed by atoms with van der Waals surface area (Å²) in [5.74, 6) is -3.27. The average molecular weight is 1800 g/mol. The Kier molecular flexibility index (Phi) is 67.1. The molecule has 0 aromatic carbocycles. The van der Waals surface area contributed by atoms with Gasteiger partial charge in [-0.25, -0.2) is 12.8 Å². The van der Waals surface area contributed by atoms with Crippen molar-refractivity contribution in [1.29, 1.82) is 0 Å². The number of sulfone groups is 1. The number of hydrogen-bond donors (Lipinski definition) is 21. The quantitative estimate of drug-likeness (QED) is 0.0174. The number of halogens is 5. The fourth-order valence-electron chi connectivity index (χ4n) is 6.44. The highest BCUT2D eigenvalue weighted by molar-refractivity contribution is 8.00. The second-order valence-corrected chi connectivity index (χ2v) is 37.7. The molecule has 0 aromatic rings. The van der Waals surface area contributed by atoms with Gasteiger partial charge in [-0.3, -0.25) is 77.4 Å². The zero-order valence-electron chi connectivity index (χ0n) is 68.9. The van der Waals surface area contributed by atoms with Crippen molar-refractivity contribution >= 4 is 162 Å². The van der Waals surface area contributed by atoms with Crippen LogP contribution >= 0.6 is 58.8 Å². The normalized spacial score (nSPS) is 17.1. The molecule has 11 atom stereocenters. The van der Waals surface area contributed by atoms with Crippen LogP contribution in [0.1, 0.15) is 131 Å². The highest BCUT2D eigenvalue weighted by atomic mass is 32.2. The molecule has 0 aliphatic rings. The summed E-state index contributed by atoms with van der Waals surface area (Å²) in [5.41, 5.74) is 66.8. The predicted octanol–water partition coefficient (Wildman–Crippen LogP) is 0.850. The average Bonchev–Trinajstić information content (AvgIpc) is 0.845. The van der Waals surface area contributed by atoms with Crippen LogP contribution in [0.25, 0.3) is 0 Å². The van der Waals surface area contributed by atoms with Crippen molar-refractivity contribution in [2.75, 3.05) is 116 Å². The zero-order valence-corrected chi connectivity index (χ0v) is 74.7. The fourth-order valence-corrected chi connectivity index (χ4v) is 14.9. The third kappa shape index (κ3) is 69.5. The van der Waals surface area contributed by atoms with Gasteiger partial charge in [-0.15, -0.1) is 0 Å². The van der Waals surface area contributed by atoms with Crippen molar-refractivity contribution in [2.24, 2.45) is 127 Å². The standard InChI is InChI=1S/C12H25N3O2S.C11H22FN3O2S.C10H18F3N3O2S.C8H17N3O4S.C8H17N3O3S.2C8H17N3O2S.FH/c1-5-10(6-15-9(4)13)18-7-12(14,8(2)3)11(16)17;1-7(2)11(14,10(16)17)6-18-9(4-12)5-15-8(3)13;1-6(14)16-4-7(3-10(11,12)13)19-5-9(2,15)8(17)18;1-6(9)11-3-4-16(14,15)5-8(2,10)7(12)13;1-6(9)11-3-4-15(14)5-8(2,10)7(12)13;2*1-6(9)11-3-4-14-5-8(2,10)7(12)13;/h8,10H,5-7,14H2,1-4H3,(H2,13,15)(H,16,17);7,9H,4-6,14H2,1-3H3,(H2,13,15)(H,16,17);7H,3-5,15H2,1-2H3,(H2,14,16)(H,17,18);3-5,10H2,1-2H3,(H2,9,11)(H,12,13);3-5,10H2,1-2H3,(H2,9,11)(H,12,13);2*3-5,10H2,1-2H3,(H2,9,11)(H,12,13);1H/t10?,12-;9-,11-;7?,9-;8-;8-,15?;8-;;/m110000../s1. The molecule has 0 heterocycles. The maximum absolute atomic E-state index is 12.8. The second kappa shape index (κ2) is 62.0. The van der Waals surface area contributed by atoms with Gasteiger partial charge in [-0.05, 0) is 101 Å². The summed E-state index contributed by atoms with van der Waals surface area (Å²) in [4.78, 5) is 103. The Labute approximate surface area is 696 Å². The van der Waals surface area contributed by atoms with E-state index >= 15 is 0 Å². The molecule has 0 radical (unpaired) electrons. The van der Waals surface area contributed by atoms with Crippen LogP contribution in [0, 0.1) is 11.8 Å². The van der Waals surface area contributed by atoms with E-state index in [1.807, 2.05) is 20.8 Å². The topological polar surface area (TPSA) is 763 Å². The third-order valence-corrected chi connectivity index (χ3v) is 24.7. The van der Waals surface area contributed by atoms with E-state index in [9.17, 15) is 68.9 Å². The number of aliphatic imine (C=N–C) groups is 7. The molecule has 678 valence electrons.